The summed E-state index contributed by atoms with van der Waals surface area (Å²) in [6, 6.07) is 0.914. The molecule has 1 amide bonds. The number of amides is 1. The van der Waals surface area contributed by atoms with Crippen LogP contribution in [0.5, 0.6) is 0 Å². The third-order valence-corrected chi connectivity index (χ3v) is 3.29. The van der Waals surface area contributed by atoms with Crippen LogP contribution in [-0.2, 0) is 4.79 Å². The first-order valence-electron chi connectivity index (χ1n) is 6.28. The normalized spacial score (nSPS) is 23.9. The summed E-state index contributed by atoms with van der Waals surface area (Å²) in [5, 5.41) is 0. The van der Waals surface area contributed by atoms with Crippen LogP contribution in [0.15, 0.2) is 0 Å². The first kappa shape index (κ1) is 13.5. The summed E-state index contributed by atoms with van der Waals surface area (Å²) in [6.07, 6.45) is 0. The van der Waals surface area contributed by atoms with E-state index in [1.807, 2.05) is 25.7 Å². The molecule has 1 saturated heterocycles. The smallest absolute Gasteiger partial charge is 0.228 e. The highest BCUT2D eigenvalue weighted by Gasteiger charge is 2.33. The van der Waals surface area contributed by atoms with Crippen molar-refractivity contribution in [2.24, 2.45) is 5.41 Å². The Labute approximate surface area is 99.8 Å². The SMILES string of the molecule is CC(C)N1CCN(C(=O)C(C)(C)C)C(C)C1. The van der Waals surface area contributed by atoms with Crippen LogP contribution < -0.4 is 0 Å². The zero-order valence-corrected chi connectivity index (χ0v) is 11.6. The van der Waals surface area contributed by atoms with Crippen molar-refractivity contribution >= 4 is 5.91 Å². The number of carbonyl (C=O) groups excluding carboxylic acids is 1. The molecule has 1 rings (SSSR count). The van der Waals surface area contributed by atoms with Crippen molar-refractivity contribution in [3.8, 4) is 0 Å². The van der Waals surface area contributed by atoms with Crippen LogP contribution in [0.1, 0.15) is 41.5 Å². The van der Waals surface area contributed by atoms with Crippen molar-refractivity contribution in [2.45, 2.75) is 53.6 Å². The first-order valence-corrected chi connectivity index (χ1v) is 6.28. The Kier molecular flexibility index (Phi) is 4.00. The Morgan fingerprint density at radius 3 is 2.19 bits per heavy atom. The molecule has 1 aliphatic heterocycles. The van der Waals surface area contributed by atoms with Gasteiger partial charge in [0, 0.05) is 37.1 Å². The van der Waals surface area contributed by atoms with E-state index in [1.54, 1.807) is 0 Å². The van der Waals surface area contributed by atoms with Gasteiger partial charge < -0.3 is 4.90 Å². The van der Waals surface area contributed by atoms with Gasteiger partial charge >= 0.3 is 0 Å². The molecule has 1 atom stereocenters. The molecule has 94 valence electrons. The van der Waals surface area contributed by atoms with Crippen molar-refractivity contribution < 1.29 is 4.79 Å². The molecule has 0 aromatic heterocycles. The van der Waals surface area contributed by atoms with E-state index in [0.29, 0.717) is 12.1 Å². The number of nitrogens with zero attached hydrogens (tertiary/aromatic N) is 2. The fourth-order valence-corrected chi connectivity index (χ4v) is 2.19. The Morgan fingerprint density at radius 1 is 1.25 bits per heavy atom. The molecular formula is C13H26N2O. The van der Waals surface area contributed by atoms with Crippen molar-refractivity contribution in [3.63, 3.8) is 0 Å². The molecule has 1 heterocycles. The van der Waals surface area contributed by atoms with Gasteiger partial charge in [0.25, 0.3) is 0 Å². The Balaban J connectivity index is 2.64. The molecule has 0 bridgehead atoms. The third-order valence-electron chi connectivity index (χ3n) is 3.29. The average Bonchev–Trinajstić information content (AvgIpc) is 2.15. The fraction of sp³-hybridized carbons (Fsp3) is 0.923. The zero-order chi connectivity index (χ0) is 12.5. The van der Waals surface area contributed by atoms with Crippen LogP contribution in [0, 0.1) is 5.41 Å². The minimum Gasteiger partial charge on any atom is -0.337 e. The van der Waals surface area contributed by atoms with Gasteiger partial charge in [0.1, 0.15) is 0 Å². The second-order valence-corrected chi connectivity index (χ2v) is 6.19. The van der Waals surface area contributed by atoms with Gasteiger partial charge in [-0.25, -0.2) is 0 Å². The molecule has 0 radical (unpaired) electrons. The molecule has 1 unspecified atom stereocenters. The molecule has 3 nitrogen and oxygen atoms in total. The molecule has 0 spiro atoms. The highest BCUT2D eigenvalue weighted by Crippen LogP contribution is 2.21. The van der Waals surface area contributed by atoms with Crippen molar-refractivity contribution in [1.29, 1.82) is 0 Å². The molecule has 3 heteroatoms. The molecule has 0 saturated carbocycles. The van der Waals surface area contributed by atoms with Gasteiger partial charge in [0.2, 0.25) is 5.91 Å². The van der Waals surface area contributed by atoms with Crippen LogP contribution in [0.4, 0.5) is 0 Å². The molecular weight excluding hydrogens is 200 g/mol. The van der Waals surface area contributed by atoms with E-state index in [0.717, 1.165) is 19.6 Å². The minimum absolute atomic E-state index is 0.256. The highest BCUT2D eigenvalue weighted by atomic mass is 16.2. The minimum atomic E-state index is -0.256. The van der Waals surface area contributed by atoms with Gasteiger partial charge in [-0.05, 0) is 20.8 Å². The molecule has 1 fully saturated rings. The largest absolute Gasteiger partial charge is 0.337 e. The van der Waals surface area contributed by atoms with E-state index in [1.165, 1.54) is 0 Å². The monoisotopic (exact) mass is 226 g/mol. The van der Waals surface area contributed by atoms with E-state index in [-0.39, 0.29) is 11.3 Å². The number of piperazine rings is 1. The van der Waals surface area contributed by atoms with Gasteiger partial charge in [-0.3, -0.25) is 9.69 Å². The average molecular weight is 226 g/mol. The topological polar surface area (TPSA) is 23.6 Å². The number of carbonyl (C=O) groups is 1. The summed E-state index contributed by atoms with van der Waals surface area (Å²) in [5.74, 6) is 0.281. The number of rotatable bonds is 1. The summed E-state index contributed by atoms with van der Waals surface area (Å²) in [4.78, 5) is 16.7. The second-order valence-electron chi connectivity index (χ2n) is 6.19. The van der Waals surface area contributed by atoms with Crippen LogP contribution in [0.25, 0.3) is 0 Å². The number of hydrogen-bond donors (Lipinski definition) is 0. The predicted octanol–water partition coefficient (Wildman–Crippen LogP) is 1.97. The lowest BCUT2D eigenvalue weighted by molar-refractivity contribution is -0.144. The maximum atomic E-state index is 12.2. The predicted molar refractivity (Wildman–Crippen MR) is 67.3 cm³/mol. The number of hydrogen-bond acceptors (Lipinski definition) is 2. The maximum Gasteiger partial charge on any atom is 0.228 e. The van der Waals surface area contributed by atoms with E-state index < -0.39 is 0 Å². The van der Waals surface area contributed by atoms with Crippen molar-refractivity contribution in [2.75, 3.05) is 19.6 Å². The van der Waals surface area contributed by atoms with Gasteiger partial charge in [-0.15, -0.1) is 0 Å². The summed E-state index contributed by atoms with van der Waals surface area (Å²) in [6.45, 7) is 15.4. The Morgan fingerprint density at radius 2 is 1.81 bits per heavy atom. The van der Waals surface area contributed by atoms with E-state index in [2.05, 4.69) is 25.7 Å². The van der Waals surface area contributed by atoms with Crippen LogP contribution >= 0.6 is 0 Å². The Hall–Kier alpha value is -0.570. The molecule has 16 heavy (non-hydrogen) atoms. The summed E-state index contributed by atoms with van der Waals surface area (Å²) >= 11 is 0. The molecule has 0 N–H and O–H groups in total. The second kappa shape index (κ2) is 4.74. The third kappa shape index (κ3) is 2.97. The standard InChI is InChI=1S/C13H26N2O/c1-10(2)14-7-8-15(11(3)9-14)12(16)13(4,5)6/h10-11H,7-9H2,1-6H3. The van der Waals surface area contributed by atoms with Gasteiger partial charge in [0.15, 0.2) is 0 Å². The Bertz CT molecular complexity index is 255. The molecule has 0 aliphatic carbocycles. The van der Waals surface area contributed by atoms with Crippen LogP contribution in [0.2, 0.25) is 0 Å². The highest BCUT2D eigenvalue weighted by molar-refractivity contribution is 5.81. The molecule has 1 aliphatic rings. The first-order chi connectivity index (χ1) is 7.23. The molecule has 0 aromatic carbocycles. The van der Waals surface area contributed by atoms with Crippen LogP contribution in [-0.4, -0.2) is 47.4 Å². The van der Waals surface area contributed by atoms with Crippen LogP contribution in [0.3, 0.4) is 0 Å². The van der Waals surface area contributed by atoms with E-state index >= 15 is 0 Å². The van der Waals surface area contributed by atoms with Gasteiger partial charge in [-0.2, -0.15) is 0 Å². The maximum absolute atomic E-state index is 12.2. The summed E-state index contributed by atoms with van der Waals surface area (Å²) < 4.78 is 0. The lowest BCUT2D eigenvalue weighted by atomic mass is 9.93. The van der Waals surface area contributed by atoms with Crippen molar-refractivity contribution in [3.05, 3.63) is 0 Å². The van der Waals surface area contributed by atoms with Crippen molar-refractivity contribution in [1.82, 2.24) is 9.80 Å². The summed E-state index contributed by atoms with van der Waals surface area (Å²) in [7, 11) is 0. The zero-order valence-electron chi connectivity index (χ0n) is 11.6. The molecule has 0 aromatic rings. The van der Waals surface area contributed by atoms with E-state index in [4.69, 9.17) is 0 Å². The fourth-order valence-electron chi connectivity index (χ4n) is 2.19. The summed E-state index contributed by atoms with van der Waals surface area (Å²) in [5.41, 5.74) is -0.256. The van der Waals surface area contributed by atoms with Gasteiger partial charge in [-0.1, -0.05) is 20.8 Å². The lowest BCUT2D eigenvalue weighted by Gasteiger charge is -2.43. The lowest BCUT2D eigenvalue weighted by Crippen LogP contribution is -2.57. The quantitative estimate of drug-likeness (QED) is 0.682. The van der Waals surface area contributed by atoms with Gasteiger partial charge in [0.05, 0.1) is 0 Å². The van der Waals surface area contributed by atoms with E-state index in [9.17, 15) is 4.79 Å².